The number of aliphatic hydroxyl groups is 1. The van der Waals surface area contributed by atoms with Gasteiger partial charge in [-0.3, -0.25) is 0 Å². The molecule has 1 rings (SSSR count). The fourth-order valence-corrected chi connectivity index (χ4v) is 2.61. The average Bonchev–Trinajstić information content (AvgIpc) is 2.63. The third-order valence-electron chi connectivity index (χ3n) is 2.44. The lowest BCUT2D eigenvalue weighted by atomic mass is 9.93. The van der Waals surface area contributed by atoms with Crippen LogP contribution in [0.1, 0.15) is 43.2 Å². The van der Waals surface area contributed by atoms with Crippen LogP contribution in [0.4, 0.5) is 13.2 Å². The van der Waals surface area contributed by atoms with E-state index in [2.05, 4.69) is 4.98 Å². The molecule has 0 aliphatic heterocycles. The van der Waals surface area contributed by atoms with E-state index in [-0.39, 0.29) is 10.8 Å². The first-order chi connectivity index (χ1) is 7.71. The molecule has 0 spiro atoms. The first-order valence-corrected chi connectivity index (χ1v) is 6.24. The molecule has 1 aromatic rings. The highest BCUT2D eigenvalue weighted by Crippen LogP contribution is 2.36. The lowest BCUT2D eigenvalue weighted by Crippen LogP contribution is -2.10. The van der Waals surface area contributed by atoms with Crippen molar-refractivity contribution in [2.45, 2.75) is 39.5 Å². The van der Waals surface area contributed by atoms with Crippen molar-refractivity contribution in [3.05, 3.63) is 16.1 Å². The zero-order valence-corrected chi connectivity index (χ0v) is 10.8. The lowest BCUT2D eigenvalue weighted by Gasteiger charge is -2.18. The number of hydrogen-bond donors (Lipinski definition) is 1. The Morgan fingerprint density at radius 3 is 2.35 bits per heavy atom. The highest BCUT2D eigenvalue weighted by molar-refractivity contribution is 7.11. The van der Waals surface area contributed by atoms with Gasteiger partial charge in [0.05, 0.1) is 11.0 Å². The summed E-state index contributed by atoms with van der Waals surface area (Å²) in [5.74, 6) is 0.325. The second kappa shape index (κ2) is 5.35. The maximum atomic E-state index is 12.3. The molecule has 0 aromatic carbocycles. The molecule has 0 aliphatic rings. The molecular weight excluding hydrogens is 251 g/mol. The number of rotatable bonds is 4. The summed E-state index contributed by atoms with van der Waals surface area (Å²) in [5.41, 5.74) is 0. The molecule has 0 amide bonds. The van der Waals surface area contributed by atoms with Gasteiger partial charge in [0.25, 0.3) is 0 Å². The molecular formula is C11H16F3NOS. The molecule has 17 heavy (non-hydrogen) atoms. The molecule has 0 aliphatic carbocycles. The van der Waals surface area contributed by atoms with Gasteiger partial charge in [-0.05, 0) is 18.3 Å². The number of hydrogen-bond acceptors (Lipinski definition) is 3. The van der Waals surface area contributed by atoms with Crippen LogP contribution in [0.2, 0.25) is 0 Å². The molecule has 0 saturated carbocycles. The van der Waals surface area contributed by atoms with E-state index in [0.717, 1.165) is 12.6 Å². The SMILES string of the molecule is CC(C)CC(C)C(O)c1cnc(C(F)(F)F)s1. The molecule has 0 bridgehead atoms. The summed E-state index contributed by atoms with van der Waals surface area (Å²) in [5, 5.41) is 9.02. The van der Waals surface area contributed by atoms with Gasteiger partial charge in [-0.15, -0.1) is 11.3 Å². The average molecular weight is 267 g/mol. The molecule has 2 unspecified atom stereocenters. The number of halogens is 3. The Morgan fingerprint density at radius 2 is 1.94 bits per heavy atom. The predicted octanol–water partition coefficient (Wildman–Crippen LogP) is 3.88. The summed E-state index contributed by atoms with van der Waals surface area (Å²) >= 11 is 0.517. The van der Waals surface area contributed by atoms with Crippen molar-refractivity contribution < 1.29 is 18.3 Å². The van der Waals surface area contributed by atoms with Crippen LogP contribution in [0.3, 0.4) is 0 Å². The van der Waals surface area contributed by atoms with Crippen molar-refractivity contribution in [2.75, 3.05) is 0 Å². The largest absolute Gasteiger partial charge is 0.443 e. The summed E-state index contributed by atoms with van der Waals surface area (Å²) in [4.78, 5) is 3.59. The van der Waals surface area contributed by atoms with Gasteiger partial charge in [0.15, 0.2) is 5.01 Å². The molecule has 2 atom stereocenters. The molecule has 98 valence electrons. The fraction of sp³-hybridized carbons (Fsp3) is 0.727. The summed E-state index contributed by atoms with van der Waals surface area (Å²) in [7, 11) is 0. The summed E-state index contributed by atoms with van der Waals surface area (Å²) in [6.45, 7) is 5.85. The van der Waals surface area contributed by atoms with Crippen molar-refractivity contribution in [3.63, 3.8) is 0 Å². The van der Waals surface area contributed by atoms with Crippen molar-refractivity contribution >= 4 is 11.3 Å². The number of aliphatic hydroxyl groups excluding tert-OH is 1. The van der Waals surface area contributed by atoms with E-state index in [9.17, 15) is 18.3 Å². The Morgan fingerprint density at radius 1 is 1.35 bits per heavy atom. The summed E-state index contributed by atoms with van der Waals surface area (Å²) < 4.78 is 37.0. The van der Waals surface area contributed by atoms with Crippen LogP contribution in [-0.2, 0) is 6.18 Å². The molecule has 0 fully saturated rings. The number of nitrogens with zero attached hydrogens (tertiary/aromatic N) is 1. The number of alkyl halides is 3. The zero-order chi connectivity index (χ0) is 13.2. The van der Waals surface area contributed by atoms with Gasteiger partial charge in [0, 0.05) is 6.20 Å². The van der Waals surface area contributed by atoms with Crippen molar-refractivity contribution in [1.82, 2.24) is 4.98 Å². The minimum absolute atomic E-state index is 0.0727. The first-order valence-electron chi connectivity index (χ1n) is 5.42. The van der Waals surface area contributed by atoms with E-state index < -0.39 is 17.3 Å². The fourth-order valence-electron chi connectivity index (χ4n) is 1.71. The maximum absolute atomic E-state index is 12.3. The van der Waals surface area contributed by atoms with Crippen LogP contribution < -0.4 is 0 Å². The maximum Gasteiger partial charge on any atom is 0.443 e. The zero-order valence-electron chi connectivity index (χ0n) is 9.95. The minimum atomic E-state index is -4.43. The second-order valence-electron chi connectivity index (χ2n) is 4.62. The van der Waals surface area contributed by atoms with E-state index in [0.29, 0.717) is 17.3 Å². The van der Waals surface area contributed by atoms with E-state index in [4.69, 9.17) is 0 Å². The molecule has 0 saturated heterocycles. The van der Waals surface area contributed by atoms with Crippen molar-refractivity contribution in [1.29, 1.82) is 0 Å². The Hall–Kier alpha value is -0.620. The molecule has 1 heterocycles. The van der Waals surface area contributed by atoms with Gasteiger partial charge in [-0.2, -0.15) is 13.2 Å². The molecule has 6 heteroatoms. The van der Waals surface area contributed by atoms with Gasteiger partial charge >= 0.3 is 6.18 Å². The highest BCUT2D eigenvalue weighted by Gasteiger charge is 2.35. The third-order valence-corrected chi connectivity index (χ3v) is 3.55. The Kier molecular flexibility index (Phi) is 4.55. The predicted molar refractivity (Wildman–Crippen MR) is 60.7 cm³/mol. The smallest absolute Gasteiger partial charge is 0.387 e. The molecule has 0 radical (unpaired) electrons. The van der Waals surface area contributed by atoms with Crippen LogP contribution in [0.15, 0.2) is 6.20 Å². The summed E-state index contributed by atoms with van der Waals surface area (Å²) in [6, 6.07) is 0. The molecule has 2 nitrogen and oxygen atoms in total. The topological polar surface area (TPSA) is 33.1 Å². The van der Waals surface area contributed by atoms with Crippen LogP contribution in [-0.4, -0.2) is 10.1 Å². The first kappa shape index (κ1) is 14.4. The van der Waals surface area contributed by atoms with Crippen LogP contribution in [0.25, 0.3) is 0 Å². The Labute approximate surface area is 103 Å². The van der Waals surface area contributed by atoms with Crippen LogP contribution in [0.5, 0.6) is 0 Å². The second-order valence-corrected chi connectivity index (χ2v) is 5.68. The Bertz CT molecular complexity index is 362. The van der Waals surface area contributed by atoms with E-state index in [1.54, 1.807) is 0 Å². The summed E-state index contributed by atoms with van der Waals surface area (Å²) in [6.07, 6.45) is -3.41. The van der Waals surface area contributed by atoms with E-state index in [1.807, 2.05) is 20.8 Å². The van der Waals surface area contributed by atoms with Crippen molar-refractivity contribution in [3.8, 4) is 0 Å². The monoisotopic (exact) mass is 267 g/mol. The van der Waals surface area contributed by atoms with Crippen LogP contribution >= 0.6 is 11.3 Å². The van der Waals surface area contributed by atoms with Gasteiger partial charge < -0.3 is 5.11 Å². The van der Waals surface area contributed by atoms with E-state index >= 15 is 0 Å². The highest BCUT2D eigenvalue weighted by atomic mass is 32.1. The standard InChI is InChI=1S/C11H16F3NOS/c1-6(2)4-7(3)9(16)8-5-15-10(17-8)11(12,13)14/h5-7,9,16H,4H2,1-3H3. The van der Waals surface area contributed by atoms with Gasteiger partial charge in [-0.1, -0.05) is 20.8 Å². The number of thiazole rings is 1. The van der Waals surface area contributed by atoms with Crippen molar-refractivity contribution in [2.24, 2.45) is 11.8 Å². The number of aromatic nitrogens is 1. The molecule has 1 N–H and O–H groups in total. The third kappa shape index (κ3) is 3.96. The van der Waals surface area contributed by atoms with Gasteiger partial charge in [0.2, 0.25) is 0 Å². The van der Waals surface area contributed by atoms with Gasteiger partial charge in [0.1, 0.15) is 0 Å². The Balaban J connectivity index is 2.76. The normalized spacial score (nSPS) is 16.2. The minimum Gasteiger partial charge on any atom is -0.387 e. The van der Waals surface area contributed by atoms with Gasteiger partial charge in [-0.25, -0.2) is 4.98 Å². The lowest BCUT2D eigenvalue weighted by molar-refractivity contribution is -0.137. The quantitative estimate of drug-likeness (QED) is 0.898. The molecule has 1 aromatic heterocycles. The van der Waals surface area contributed by atoms with E-state index in [1.165, 1.54) is 0 Å². The van der Waals surface area contributed by atoms with Crippen LogP contribution in [0, 0.1) is 11.8 Å².